The van der Waals surface area contributed by atoms with Crippen molar-refractivity contribution in [1.29, 1.82) is 0 Å². The molecule has 150 valence electrons. The molecule has 0 N–H and O–H groups in total. The monoisotopic (exact) mass is 383 g/mol. The molecule has 1 aromatic carbocycles. The van der Waals surface area contributed by atoms with Crippen LogP contribution in [-0.2, 0) is 4.74 Å². The van der Waals surface area contributed by atoms with Crippen molar-refractivity contribution >= 4 is 5.91 Å². The van der Waals surface area contributed by atoms with Gasteiger partial charge in [0.05, 0.1) is 5.92 Å². The van der Waals surface area contributed by atoms with Crippen LogP contribution in [0.25, 0.3) is 0 Å². The van der Waals surface area contributed by atoms with Crippen molar-refractivity contribution in [3.63, 3.8) is 0 Å². The number of aryl methyl sites for hydroxylation is 2. The minimum atomic E-state index is -0.0481. The second-order valence-corrected chi connectivity index (χ2v) is 8.72. The minimum absolute atomic E-state index is 0.0481. The van der Waals surface area contributed by atoms with Crippen LogP contribution in [0.5, 0.6) is 0 Å². The Hall–Kier alpha value is -2.21. The van der Waals surface area contributed by atoms with Crippen LogP contribution in [0.1, 0.15) is 71.8 Å². The van der Waals surface area contributed by atoms with Crippen molar-refractivity contribution in [1.82, 2.24) is 15.1 Å². The van der Waals surface area contributed by atoms with Gasteiger partial charge >= 0.3 is 0 Å². The topological polar surface area (TPSA) is 68.5 Å². The van der Waals surface area contributed by atoms with E-state index < -0.39 is 0 Å². The number of hydrogen-bond donors (Lipinski definition) is 0. The fourth-order valence-corrected chi connectivity index (χ4v) is 4.65. The number of hydrogen-bond acceptors (Lipinski definition) is 5. The molecule has 1 unspecified atom stereocenters. The van der Waals surface area contributed by atoms with Gasteiger partial charge in [0.2, 0.25) is 11.8 Å². The molecule has 4 rings (SSSR count). The van der Waals surface area contributed by atoms with Crippen LogP contribution in [0.3, 0.4) is 0 Å². The van der Waals surface area contributed by atoms with Gasteiger partial charge in [-0.15, -0.1) is 10.2 Å². The molecule has 2 aromatic rings. The zero-order valence-corrected chi connectivity index (χ0v) is 17.2. The molecule has 1 atom stereocenters. The Labute approximate surface area is 166 Å². The minimum Gasteiger partial charge on any atom is -0.425 e. The van der Waals surface area contributed by atoms with E-state index in [1.807, 2.05) is 44.7 Å². The normalized spacial score (nSPS) is 21.6. The van der Waals surface area contributed by atoms with Crippen molar-refractivity contribution in [2.75, 3.05) is 26.3 Å². The fourth-order valence-electron chi connectivity index (χ4n) is 4.65. The highest BCUT2D eigenvalue weighted by Crippen LogP contribution is 2.49. The van der Waals surface area contributed by atoms with Gasteiger partial charge in [0.15, 0.2) is 0 Å². The fraction of sp³-hybridized carbons (Fsp3) is 0.591. The molecule has 1 amide bonds. The van der Waals surface area contributed by atoms with E-state index in [1.54, 1.807) is 0 Å². The molecule has 0 radical (unpaired) electrons. The number of nitrogens with zero attached hydrogens (tertiary/aromatic N) is 3. The summed E-state index contributed by atoms with van der Waals surface area (Å²) < 4.78 is 11.7. The zero-order valence-electron chi connectivity index (χ0n) is 17.2. The quantitative estimate of drug-likeness (QED) is 0.805. The Morgan fingerprint density at radius 1 is 1.14 bits per heavy atom. The maximum atomic E-state index is 13.3. The van der Waals surface area contributed by atoms with E-state index in [0.29, 0.717) is 38.1 Å². The van der Waals surface area contributed by atoms with Gasteiger partial charge < -0.3 is 14.1 Å². The first-order chi connectivity index (χ1) is 13.4. The van der Waals surface area contributed by atoms with E-state index in [9.17, 15) is 4.79 Å². The van der Waals surface area contributed by atoms with Crippen LogP contribution in [0.4, 0.5) is 0 Å². The van der Waals surface area contributed by atoms with E-state index >= 15 is 0 Å². The second kappa shape index (κ2) is 7.32. The lowest BCUT2D eigenvalue weighted by Crippen LogP contribution is -2.37. The Morgan fingerprint density at radius 2 is 1.82 bits per heavy atom. The molecule has 1 spiro atoms. The van der Waals surface area contributed by atoms with Gasteiger partial charge in [0.1, 0.15) is 0 Å². The predicted octanol–water partition coefficient (Wildman–Crippen LogP) is 3.85. The van der Waals surface area contributed by atoms with Crippen LogP contribution >= 0.6 is 0 Å². The van der Waals surface area contributed by atoms with Gasteiger partial charge in [0, 0.05) is 43.2 Å². The van der Waals surface area contributed by atoms with Gasteiger partial charge in [-0.2, -0.15) is 0 Å². The second-order valence-electron chi connectivity index (χ2n) is 8.72. The number of carbonyl (C=O) groups is 1. The number of rotatable bonds is 3. The molecule has 28 heavy (non-hydrogen) atoms. The number of aromatic nitrogens is 2. The first-order valence-electron chi connectivity index (χ1n) is 10.2. The average molecular weight is 383 g/mol. The third-order valence-corrected chi connectivity index (χ3v) is 6.14. The van der Waals surface area contributed by atoms with Gasteiger partial charge in [0.25, 0.3) is 5.91 Å². The number of carbonyl (C=O) groups excluding carboxylic acids is 1. The lowest BCUT2D eigenvalue weighted by atomic mass is 9.72. The summed E-state index contributed by atoms with van der Waals surface area (Å²) in [5.41, 5.74) is 2.93. The number of likely N-dealkylation sites (tertiary alicyclic amines) is 1. The maximum absolute atomic E-state index is 13.3. The number of amides is 1. The Kier molecular flexibility index (Phi) is 5.00. The summed E-state index contributed by atoms with van der Waals surface area (Å²) in [6.07, 6.45) is 1.82. The predicted molar refractivity (Wildman–Crippen MR) is 105 cm³/mol. The summed E-state index contributed by atoms with van der Waals surface area (Å²) in [5, 5.41) is 8.61. The molecule has 0 saturated carbocycles. The van der Waals surface area contributed by atoms with E-state index in [0.717, 1.165) is 29.5 Å². The third-order valence-electron chi connectivity index (χ3n) is 6.14. The lowest BCUT2D eigenvalue weighted by Gasteiger charge is -2.36. The first kappa shape index (κ1) is 19.1. The Balaban J connectivity index is 1.65. The first-order valence-corrected chi connectivity index (χ1v) is 10.2. The molecule has 3 heterocycles. The van der Waals surface area contributed by atoms with E-state index in [-0.39, 0.29) is 23.2 Å². The van der Waals surface area contributed by atoms with Crippen molar-refractivity contribution in [3.8, 4) is 0 Å². The van der Waals surface area contributed by atoms with E-state index in [4.69, 9.17) is 9.15 Å². The Morgan fingerprint density at radius 3 is 2.43 bits per heavy atom. The molecule has 1 aromatic heterocycles. The summed E-state index contributed by atoms with van der Waals surface area (Å²) in [4.78, 5) is 15.3. The van der Waals surface area contributed by atoms with Crippen molar-refractivity contribution in [3.05, 3.63) is 46.7 Å². The van der Waals surface area contributed by atoms with Crippen LogP contribution in [0.15, 0.2) is 22.6 Å². The molecule has 2 fully saturated rings. The van der Waals surface area contributed by atoms with Crippen LogP contribution in [-0.4, -0.2) is 47.3 Å². The molecule has 6 heteroatoms. The average Bonchev–Trinajstić information content (AvgIpc) is 3.26. The molecule has 6 nitrogen and oxygen atoms in total. The summed E-state index contributed by atoms with van der Waals surface area (Å²) >= 11 is 0. The van der Waals surface area contributed by atoms with Gasteiger partial charge in [-0.3, -0.25) is 4.79 Å². The summed E-state index contributed by atoms with van der Waals surface area (Å²) in [7, 11) is 0. The largest absolute Gasteiger partial charge is 0.425 e. The maximum Gasteiger partial charge on any atom is 0.253 e. The third kappa shape index (κ3) is 3.46. The highest BCUT2D eigenvalue weighted by Gasteiger charge is 2.51. The van der Waals surface area contributed by atoms with Gasteiger partial charge in [-0.1, -0.05) is 31.0 Å². The Bertz CT molecular complexity index is 847. The van der Waals surface area contributed by atoms with Gasteiger partial charge in [-0.05, 0) is 38.8 Å². The number of ether oxygens (including phenoxy) is 1. The van der Waals surface area contributed by atoms with Crippen molar-refractivity contribution in [2.24, 2.45) is 5.41 Å². The number of benzene rings is 1. The van der Waals surface area contributed by atoms with Crippen LogP contribution in [0, 0.1) is 19.3 Å². The summed E-state index contributed by atoms with van der Waals surface area (Å²) in [6.45, 7) is 10.9. The summed E-state index contributed by atoms with van der Waals surface area (Å²) in [5.74, 6) is 1.67. The highest BCUT2D eigenvalue weighted by molar-refractivity contribution is 5.95. The van der Waals surface area contributed by atoms with Crippen molar-refractivity contribution < 1.29 is 13.9 Å². The van der Waals surface area contributed by atoms with Crippen LogP contribution in [0.2, 0.25) is 0 Å². The SMILES string of the molecule is Cc1cc(C)cc(C(=O)N2CC(c3nnc(C(C)C)o3)C3(CCOCC3)C2)c1. The van der Waals surface area contributed by atoms with E-state index in [2.05, 4.69) is 16.3 Å². The molecular weight excluding hydrogens is 354 g/mol. The molecule has 2 saturated heterocycles. The molecule has 2 aliphatic heterocycles. The van der Waals surface area contributed by atoms with Gasteiger partial charge in [-0.25, -0.2) is 0 Å². The molecular formula is C22H29N3O3. The smallest absolute Gasteiger partial charge is 0.253 e. The molecule has 0 aliphatic carbocycles. The highest BCUT2D eigenvalue weighted by atomic mass is 16.5. The standard InChI is InChI=1S/C22H29N3O3/c1-14(2)19-23-24-20(28-19)18-12-25(13-22(18)5-7-27-8-6-22)21(26)17-10-15(3)9-16(4)11-17/h9-11,14,18H,5-8,12-13H2,1-4H3. The molecule has 2 aliphatic rings. The lowest BCUT2D eigenvalue weighted by molar-refractivity contribution is 0.00888. The molecule has 0 bridgehead atoms. The summed E-state index contributed by atoms with van der Waals surface area (Å²) in [6, 6.07) is 6.04. The van der Waals surface area contributed by atoms with E-state index in [1.165, 1.54) is 0 Å². The zero-order chi connectivity index (χ0) is 19.9. The van der Waals surface area contributed by atoms with Crippen molar-refractivity contribution in [2.45, 2.75) is 52.4 Å². The van der Waals surface area contributed by atoms with Crippen LogP contribution < -0.4 is 0 Å².